The zero-order valence-electron chi connectivity index (χ0n) is 9.66. The molecule has 3 nitrogen and oxygen atoms in total. The number of imidazole rings is 1. The summed E-state index contributed by atoms with van der Waals surface area (Å²) in [4.78, 5) is 7.64. The Morgan fingerprint density at radius 3 is 2.94 bits per heavy atom. The Bertz CT molecular complexity index is 619. The fourth-order valence-corrected chi connectivity index (χ4v) is 3.28. The fraction of sp³-hybridized carbons (Fsp3) is 0.500. The Hall–Kier alpha value is -0.870. The Balaban J connectivity index is 2.29. The van der Waals surface area contributed by atoms with Crippen molar-refractivity contribution in [3.05, 3.63) is 22.1 Å². The summed E-state index contributed by atoms with van der Waals surface area (Å²) in [5.74, 6) is 0. The van der Waals surface area contributed by atoms with Gasteiger partial charge in [0.25, 0.3) is 0 Å². The first-order chi connectivity index (χ1) is 8.16. The first-order valence-corrected chi connectivity index (χ1v) is 6.72. The van der Waals surface area contributed by atoms with Crippen LogP contribution >= 0.6 is 23.8 Å². The molecule has 0 unspecified atom stereocenters. The average Bonchev–Trinajstić information content (AvgIpc) is 2.55. The van der Waals surface area contributed by atoms with Crippen molar-refractivity contribution in [3.8, 4) is 0 Å². The van der Waals surface area contributed by atoms with Gasteiger partial charge in [0.2, 0.25) is 0 Å². The van der Waals surface area contributed by atoms with E-state index < -0.39 is 0 Å². The number of hydrogen-bond donors (Lipinski definition) is 1. The van der Waals surface area contributed by atoms with Gasteiger partial charge in [-0.1, -0.05) is 18.5 Å². The van der Waals surface area contributed by atoms with Crippen molar-refractivity contribution in [2.45, 2.75) is 38.1 Å². The van der Waals surface area contributed by atoms with Crippen molar-refractivity contribution >= 4 is 35.0 Å². The molecule has 1 fully saturated rings. The van der Waals surface area contributed by atoms with Gasteiger partial charge in [-0.3, -0.25) is 4.57 Å². The predicted molar refractivity (Wildman–Crippen MR) is 72.0 cm³/mol. The van der Waals surface area contributed by atoms with Gasteiger partial charge in [-0.25, -0.2) is 4.98 Å². The van der Waals surface area contributed by atoms with Crippen LogP contribution in [0.4, 0.5) is 0 Å². The van der Waals surface area contributed by atoms with Gasteiger partial charge in [-0.15, -0.1) is 0 Å². The van der Waals surface area contributed by atoms with E-state index in [1.54, 1.807) is 6.20 Å². The van der Waals surface area contributed by atoms with Crippen LogP contribution in [-0.4, -0.2) is 14.5 Å². The van der Waals surface area contributed by atoms with E-state index in [0.717, 1.165) is 22.4 Å². The molecule has 1 aliphatic rings. The molecule has 1 N–H and O–H groups in total. The van der Waals surface area contributed by atoms with Crippen LogP contribution in [0, 0.1) is 4.77 Å². The third-order valence-corrected chi connectivity index (χ3v) is 4.40. The first-order valence-electron chi connectivity index (χ1n) is 5.93. The summed E-state index contributed by atoms with van der Waals surface area (Å²) < 4.78 is 2.95. The van der Waals surface area contributed by atoms with E-state index in [1.807, 2.05) is 6.07 Å². The maximum absolute atomic E-state index is 5.95. The molecule has 2 heterocycles. The first kappa shape index (κ1) is 11.2. The summed E-state index contributed by atoms with van der Waals surface area (Å²) in [5, 5.41) is 0.639. The lowest BCUT2D eigenvalue weighted by atomic mass is 9.74. The summed E-state index contributed by atoms with van der Waals surface area (Å²) in [6.45, 7) is 2.22. The van der Waals surface area contributed by atoms with Gasteiger partial charge >= 0.3 is 0 Å². The quantitative estimate of drug-likeness (QED) is 0.834. The second-order valence-corrected chi connectivity index (χ2v) is 5.54. The van der Waals surface area contributed by atoms with Gasteiger partial charge in [0.15, 0.2) is 10.4 Å². The highest BCUT2D eigenvalue weighted by molar-refractivity contribution is 7.71. The number of H-pyrrole nitrogens is 1. The van der Waals surface area contributed by atoms with Crippen LogP contribution < -0.4 is 0 Å². The lowest BCUT2D eigenvalue weighted by Gasteiger charge is -2.42. The molecular weight excluding hydrogens is 254 g/mol. The van der Waals surface area contributed by atoms with Crippen molar-refractivity contribution in [2.75, 3.05) is 0 Å². The second kappa shape index (κ2) is 3.82. The highest BCUT2D eigenvalue weighted by atomic mass is 35.5. The van der Waals surface area contributed by atoms with Gasteiger partial charge in [-0.2, -0.15) is 0 Å². The summed E-state index contributed by atoms with van der Waals surface area (Å²) in [5.41, 5.74) is 2.04. The van der Waals surface area contributed by atoms with Gasteiger partial charge in [0.1, 0.15) is 0 Å². The van der Waals surface area contributed by atoms with E-state index in [1.165, 1.54) is 19.3 Å². The molecular formula is C12H14ClN3S. The molecule has 0 aliphatic heterocycles. The van der Waals surface area contributed by atoms with Gasteiger partial charge in [-0.05, 0) is 44.0 Å². The molecule has 0 bridgehead atoms. The molecule has 90 valence electrons. The fourth-order valence-electron chi connectivity index (χ4n) is 2.73. The topological polar surface area (TPSA) is 33.6 Å². The molecule has 5 heteroatoms. The maximum Gasteiger partial charge on any atom is 0.179 e. The number of fused-ring (bicyclic) bond motifs is 1. The number of nitrogens with zero attached hydrogens (tertiary/aromatic N) is 2. The van der Waals surface area contributed by atoms with E-state index >= 15 is 0 Å². The maximum atomic E-state index is 5.95. The molecule has 2 aromatic rings. The lowest BCUT2D eigenvalue weighted by Crippen LogP contribution is -2.40. The van der Waals surface area contributed by atoms with E-state index in [0.29, 0.717) is 5.02 Å². The lowest BCUT2D eigenvalue weighted by molar-refractivity contribution is 0.139. The number of nitrogens with one attached hydrogen (secondary N) is 1. The van der Waals surface area contributed by atoms with Crippen LogP contribution in [0.15, 0.2) is 12.3 Å². The second-order valence-electron chi connectivity index (χ2n) is 4.72. The minimum atomic E-state index is 0.177. The Labute approximate surface area is 110 Å². The van der Waals surface area contributed by atoms with Crippen LogP contribution in [0.5, 0.6) is 0 Å². The molecule has 0 atom stereocenters. The minimum absolute atomic E-state index is 0.177. The third-order valence-electron chi connectivity index (χ3n) is 3.91. The molecule has 0 radical (unpaired) electrons. The largest absolute Gasteiger partial charge is 0.329 e. The number of aromatic amines is 1. The normalized spacial score (nSPS) is 18.2. The van der Waals surface area contributed by atoms with Crippen molar-refractivity contribution in [2.24, 2.45) is 0 Å². The predicted octanol–water partition coefficient (Wildman–Crippen LogP) is 4.04. The Kier molecular flexibility index (Phi) is 2.52. The number of pyridine rings is 1. The molecule has 0 amide bonds. The van der Waals surface area contributed by atoms with Crippen LogP contribution in [0.2, 0.25) is 5.02 Å². The smallest absolute Gasteiger partial charge is 0.179 e. The van der Waals surface area contributed by atoms with Crippen LogP contribution in [-0.2, 0) is 5.54 Å². The highest BCUT2D eigenvalue weighted by Gasteiger charge is 2.38. The molecule has 1 aliphatic carbocycles. The van der Waals surface area contributed by atoms with E-state index in [2.05, 4.69) is 21.5 Å². The molecule has 0 spiro atoms. The van der Waals surface area contributed by atoms with Crippen molar-refractivity contribution in [1.29, 1.82) is 0 Å². The van der Waals surface area contributed by atoms with Crippen molar-refractivity contribution in [3.63, 3.8) is 0 Å². The summed E-state index contributed by atoms with van der Waals surface area (Å²) in [6, 6.07) is 1.89. The third kappa shape index (κ3) is 1.54. The van der Waals surface area contributed by atoms with Crippen molar-refractivity contribution in [1.82, 2.24) is 14.5 Å². The van der Waals surface area contributed by atoms with E-state index in [9.17, 15) is 0 Å². The minimum Gasteiger partial charge on any atom is -0.329 e. The van der Waals surface area contributed by atoms with Gasteiger partial charge in [0, 0.05) is 11.7 Å². The monoisotopic (exact) mass is 267 g/mol. The average molecular weight is 268 g/mol. The van der Waals surface area contributed by atoms with E-state index in [-0.39, 0.29) is 5.54 Å². The number of aromatic nitrogens is 3. The Morgan fingerprint density at radius 2 is 2.35 bits per heavy atom. The standard InChI is InChI=1S/C12H14ClN3S/c1-2-12(4-3-5-12)16-10-9(15-11(16)17)6-8(13)7-14-10/h6-7H,2-5H2,1H3,(H,15,17). The molecule has 2 aromatic heterocycles. The van der Waals surface area contributed by atoms with Crippen LogP contribution in [0.1, 0.15) is 32.6 Å². The summed E-state index contributed by atoms with van der Waals surface area (Å²) >= 11 is 11.4. The van der Waals surface area contributed by atoms with Gasteiger partial charge in [0.05, 0.1) is 10.5 Å². The zero-order valence-corrected chi connectivity index (χ0v) is 11.2. The molecule has 1 saturated carbocycles. The van der Waals surface area contributed by atoms with E-state index in [4.69, 9.17) is 23.8 Å². The number of rotatable bonds is 2. The Morgan fingerprint density at radius 1 is 1.59 bits per heavy atom. The number of halogens is 1. The highest BCUT2D eigenvalue weighted by Crippen LogP contribution is 2.43. The summed E-state index contributed by atoms with van der Waals surface area (Å²) in [7, 11) is 0. The summed E-state index contributed by atoms with van der Waals surface area (Å²) in [6.07, 6.45) is 6.43. The molecule has 3 rings (SSSR count). The number of hydrogen-bond acceptors (Lipinski definition) is 2. The molecule has 17 heavy (non-hydrogen) atoms. The van der Waals surface area contributed by atoms with Crippen LogP contribution in [0.3, 0.4) is 0 Å². The van der Waals surface area contributed by atoms with Crippen molar-refractivity contribution < 1.29 is 0 Å². The molecule has 0 aromatic carbocycles. The zero-order chi connectivity index (χ0) is 12.0. The van der Waals surface area contributed by atoms with Gasteiger partial charge < -0.3 is 4.98 Å². The molecule has 0 saturated heterocycles. The van der Waals surface area contributed by atoms with Crippen LogP contribution in [0.25, 0.3) is 11.2 Å². The SMILES string of the molecule is CCC1(n2c(=S)[nH]c3cc(Cl)cnc32)CCC1.